The van der Waals surface area contributed by atoms with Gasteiger partial charge in [0.1, 0.15) is 6.54 Å². The van der Waals surface area contributed by atoms with Crippen LogP contribution in [0.1, 0.15) is 17.2 Å². The number of ether oxygens (including phenoxy) is 2. The van der Waals surface area contributed by atoms with Crippen molar-refractivity contribution >= 4 is 29.4 Å². The van der Waals surface area contributed by atoms with Gasteiger partial charge in [0.05, 0.1) is 23.9 Å². The van der Waals surface area contributed by atoms with E-state index in [0.717, 1.165) is 5.56 Å². The lowest BCUT2D eigenvalue weighted by Gasteiger charge is -2.33. The van der Waals surface area contributed by atoms with Crippen LogP contribution in [0.15, 0.2) is 66.4 Å². The van der Waals surface area contributed by atoms with E-state index in [-0.39, 0.29) is 50.8 Å². The molecule has 0 saturated heterocycles. The lowest BCUT2D eigenvalue weighted by atomic mass is 9.95. The summed E-state index contributed by atoms with van der Waals surface area (Å²) in [7, 11) is 0. The van der Waals surface area contributed by atoms with Crippen LogP contribution in [0, 0.1) is 0 Å². The molecular weight excluding hydrogens is 472 g/mol. The van der Waals surface area contributed by atoms with Gasteiger partial charge in [-0.25, -0.2) is 4.79 Å². The highest BCUT2D eigenvalue weighted by Gasteiger charge is 2.44. The number of halogens is 1. The van der Waals surface area contributed by atoms with Crippen molar-refractivity contribution in [1.82, 2.24) is 20.4 Å². The zero-order valence-electron chi connectivity index (χ0n) is 18.8. The first-order chi connectivity index (χ1) is 16.9. The van der Waals surface area contributed by atoms with Crippen molar-refractivity contribution in [1.29, 1.82) is 0 Å². The number of nitrogens with zero attached hydrogens (tertiary/aromatic N) is 2. The molecule has 3 aliphatic heterocycles. The predicted molar refractivity (Wildman–Crippen MR) is 128 cm³/mol. The maximum atomic E-state index is 13.4. The SMILES string of the molecule is C=CCN1C(=O)NC(c2cccc(Cl)c2)C2=C1CN(CC(=O)NCc1ccc3c(c1)OCO3)C2=O. The predicted octanol–water partition coefficient (Wildman–Crippen LogP) is 2.73. The van der Waals surface area contributed by atoms with Crippen molar-refractivity contribution < 1.29 is 23.9 Å². The van der Waals surface area contributed by atoms with Crippen LogP contribution in [0.2, 0.25) is 5.02 Å². The molecule has 180 valence electrons. The normalized spacial score (nSPS) is 18.5. The largest absolute Gasteiger partial charge is 0.454 e. The average molecular weight is 495 g/mol. The van der Waals surface area contributed by atoms with Crippen LogP contribution in [0.5, 0.6) is 11.5 Å². The van der Waals surface area contributed by atoms with Crippen LogP contribution >= 0.6 is 11.6 Å². The number of hydrogen-bond donors (Lipinski definition) is 2. The fourth-order valence-corrected chi connectivity index (χ4v) is 4.61. The Kier molecular flexibility index (Phi) is 6.08. The molecule has 3 heterocycles. The second kappa shape index (κ2) is 9.34. The summed E-state index contributed by atoms with van der Waals surface area (Å²) in [6.07, 6.45) is 1.59. The quantitative estimate of drug-likeness (QED) is 0.576. The van der Waals surface area contributed by atoms with Gasteiger partial charge in [-0.1, -0.05) is 35.9 Å². The lowest BCUT2D eigenvalue weighted by molar-refractivity contribution is -0.132. The molecule has 0 aromatic heterocycles. The van der Waals surface area contributed by atoms with Gasteiger partial charge in [-0.2, -0.15) is 0 Å². The molecule has 1 unspecified atom stereocenters. The minimum absolute atomic E-state index is 0.143. The number of rotatable bonds is 7. The van der Waals surface area contributed by atoms with E-state index in [2.05, 4.69) is 17.2 Å². The van der Waals surface area contributed by atoms with Crippen molar-refractivity contribution in [2.75, 3.05) is 26.4 Å². The van der Waals surface area contributed by atoms with Gasteiger partial charge in [0.25, 0.3) is 5.91 Å². The molecule has 2 aromatic carbocycles. The van der Waals surface area contributed by atoms with Crippen molar-refractivity contribution in [2.24, 2.45) is 0 Å². The van der Waals surface area contributed by atoms with E-state index in [0.29, 0.717) is 33.4 Å². The van der Waals surface area contributed by atoms with E-state index in [1.54, 1.807) is 36.4 Å². The number of fused-ring (bicyclic) bond motifs is 1. The van der Waals surface area contributed by atoms with Crippen LogP contribution < -0.4 is 20.1 Å². The highest BCUT2D eigenvalue weighted by atomic mass is 35.5. The summed E-state index contributed by atoms with van der Waals surface area (Å²) in [6.45, 7) is 4.40. The van der Waals surface area contributed by atoms with E-state index < -0.39 is 6.04 Å². The Labute approximate surface area is 206 Å². The van der Waals surface area contributed by atoms with Gasteiger partial charge in [0, 0.05) is 18.1 Å². The van der Waals surface area contributed by atoms with Crippen molar-refractivity contribution in [2.45, 2.75) is 12.6 Å². The van der Waals surface area contributed by atoms with Crippen molar-refractivity contribution in [3.05, 3.63) is 82.5 Å². The maximum Gasteiger partial charge on any atom is 0.322 e. The number of urea groups is 1. The summed E-state index contributed by atoms with van der Waals surface area (Å²) in [4.78, 5) is 41.9. The van der Waals surface area contributed by atoms with Gasteiger partial charge in [-0.3, -0.25) is 14.5 Å². The van der Waals surface area contributed by atoms with Gasteiger partial charge >= 0.3 is 6.03 Å². The zero-order valence-corrected chi connectivity index (χ0v) is 19.5. The minimum atomic E-state index is -0.661. The third kappa shape index (κ3) is 4.42. The summed E-state index contributed by atoms with van der Waals surface area (Å²) in [5.74, 6) is 0.678. The zero-order chi connectivity index (χ0) is 24.5. The topological polar surface area (TPSA) is 100 Å². The third-order valence-corrected chi connectivity index (χ3v) is 6.29. The van der Waals surface area contributed by atoms with Crippen LogP contribution in [0.25, 0.3) is 0 Å². The van der Waals surface area contributed by atoms with Crippen LogP contribution in [0.4, 0.5) is 4.79 Å². The second-order valence-corrected chi connectivity index (χ2v) is 8.76. The first kappa shape index (κ1) is 22.8. The van der Waals surface area contributed by atoms with E-state index >= 15 is 0 Å². The van der Waals surface area contributed by atoms with E-state index in [1.165, 1.54) is 9.80 Å². The van der Waals surface area contributed by atoms with Crippen LogP contribution in [-0.4, -0.2) is 54.1 Å². The van der Waals surface area contributed by atoms with Gasteiger partial charge in [0.2, 0.25) is 12.7 Å². The minimum Gasteiger partial charge on any atom is -0.454 e. The lowest BCUT2D eigenvalue weighted by Crippen LogP contribution is -2.47. The van der Waals surface area contributed by atoms with Gasteiger partial charge in [0.15, 0.2) is 11.5 Å². The molecule has 0 fully saturated rings. The molecule has 0 spiro atoms. The van der Waals surface area contributed by atoms with E-state index in [9.17, 15) is 14.4 Å². The molecule has 2 aromatic rings. The van der Waals surface area contributed by atoms with Crippen molar-refractivity contribution in [3.8, 4) is 11.5 Å². The number of benzene rings is 2. The number of carbonyl (C=O) groups excluding carboxylic acids is 3. The second-order valence-electron chi connectivity index (χ2n) is 8.32. The molecule has 4 amide bonds. The number of hydrogen-bond acceptors (Lipinski definition) is 5. The third-order valence-electron chi connectivity index (χ3n) is 6.05. The van der Waals surface area contributed by atoms with Crippen LogP contribution in [-0.2, 0) is 16.1 Å². The Morgan fingerprint density at radius 1 is 1.20 bits per heavy atom. The molecule has 9 nitrogen and oxygen atoms in total. The van der Waals surface area contributed by atoms with E-state index in [4.69, 9.17) is 21.1 Å². The van der Waals surface area contributed by atoms with Gasteiger partial charge in [-0.15, -0.1) is 6.58 Å². The van der Waals surface area contributed by atoms with Gasteiger partial charge in [-0.05, 0) is 35.4 Å². The molecule has 3 aliphatic rings. The summed E-state index contributed by atoms with van der Waals surface area (Å²) in [6, 6.07) is 11.5. The molecule has 0 aliphatic carbocycles. The summed E-state index contributed by atoms with van der Waals surface area (Å²) in [5.41, 5.74) is 2.53. The highest BCUT2D eigenvalue weighted by Crippen LogP contribution is 2.37. The molecular formula is C25H23ClN4O5. The Balaban J connectivity index is 1.31. The molecule has 0 saturated carbocycles. The van der Waals surface area contributed by atoms with E-state index in [1.807, 2.05) is 12.1 Å². The van der Waals surface area contributed by atoms with Crippen molar-refractivity contribution in [3.63, 3.8) is 0 Å². The van der Waals surface area contributed by atoms with Crippen LogP contribution in [0.3, 0.4) is 0 Å². The Bertz CT molecular complexity index is 1260. The highest BCUT2D eigenvalue weighted by molar-refractivity contribution is 6.30. The number of amides is 4. The Morgan fingerprint density at radius 2 is 2.03 bits per heavy atom. The Morgan fingerprint density at radius 3 is 2.83 bits per heavy atom. The number of carbonyl (C=O) groups is 3. The first-order valence-corrected chi connectivity index (χ1v) is 11.4. The molecule has 5 rings (SSSR count). The molecule has 0 bridgehead atoms. The summed E-state index contributed by atoms with van der Waals surface area (Å²) >= 11 is 6.16. The molecule has 1 atom stereocenters. The average Bonchev–Trinajstić information content (AvgIpc) is 3.44. The first-order valence-electron chi connectivity index (χ1n) is 11.1. The standard InChI is InChI=1S/C25H23ClN4O5/c1-2-8-30-18-12-29(13-21(31)27-11-15-6-7-19-20(9-15)35-14-34-19)24(32)22(18)23(28-25(30)33)16-4-3-5-17(26)10-16/h2-7,9-10,23H,1,8,11-14H2,(H,27,31)(H,28,33). The summed E-state index contributed by atoms with van der Waals surface area (Å²) < 4.78 is 10.7. The van der Waals surface area contributed by atoms with Gasteiger partial charge < -0.3 is 25.0 Å². The summed E-state index contributed by atoms with van der Waals surface area (Å²) in [5, 5.41) is 6.22. The fraction of sp³-hybridized carbons (Fsp3) is 0.240. The fourth-order valence-electron chi connectivity index (χ4n) is 4.42. The maximum absolute atomic E-state index is 13.4. The number of nitrogens with one attached hydrogen (secondary N) is 2. The Hall–Kier alpha value is -3.98. The molecule has 10 heteroatoms. The molecule has 35 heavy (non-hydrogen) atoms. The molecule has 2 N–H and O–H groups in total. The monoisotopic (exact) mass is 494 g/mol. The molecule has 0 radical (unpaired) electrons. The smallest absolute Gasteiger partial charge is 0.322 e.